The summed E-state index contributed by atoms with van der Waals surface area (Å²) in [6, 6.07) is 5.02. The van der Waals surface area contributed by atoms with Crippen molar-refractivity contribution in [3.63, 3.8) is 0 Å². The quantitative estimate of drug-likeness (QED) is 0.747. The van der Waals surface area contributed by atoms with Gasteiger partial charge in [0.25, 0.3) is 0 Å². The number of sulfonamides is 1. The molecule has 0 aliphatic carbocycles. The van der Waals surface area contributed by atoms with Crippen LogP contribution in [0.3, 0.4) is 0 Å². The second-order valence-corrected chi connectivity index (χ2v) is 6.26. The number of benzene rings is 1. The smallest absolute Gasteiger partial charge is 0.243 e. The number of nitrogens with zero attached hydrogens (tertiary/aromatic N) is 1. The molecule has 0 heterocycles. The van der Waals surface area contributed by atoms with Gasteiger partial charge in [-0.25, -0.2) is 8.42 Å². The van der Waals surface area contributed by atoms with Gasteiger partial charge in [0.2, 0.25) is 10.0 Å². The van der Waals surface area contributed by atoms with Crippen LogP contribution in [0.2, 0.25) is 0 Å². The van der Waals surface area contributed by atoms with E-state index in [1.165, 1.54) is 10.4 Å². The van der Waals surface area contributed by atoms with E-state index in [1.807, 2.05) is 6.92 Å². The van der Waals surface area contributed by atoms with Crippen molar-refractivity contribution in [2.24, 2.45) is 0 Å². The van der Waals surface area contributed by atoms with Crippen LogP contribution in [0.5, 0.6) is 0 Å². The van der Waals surface area contributed by atoms with Crippen LogP contribution in [0.4, 0.5) is 0 Å². The van der Waals surface area contributed by atoms with Crippen LogP contribution in [0, 0.1) is 0 Å². The van der Waals surface area contributed by atoms with Gasteiger partial charge in [-0.2, -0.15) is 4.31 Å². The molecule has 1 N–H and O–H groups in total. The van der Waals surface area contributed by atoms with Crippen molar-refractivity contribution in [1.29, 1.82) is 0 Å². The summed E-state index contributed by atoms with van der Waals surface area (Å²) in [7, 11) is -3.62. The van der Waals surface area contributed by atoms with Crippen molar-refractivity contribution in [1.82, 2.24) is 4.31 Å². The van der Waals surface area contributed by atoms with Crippen LogP contribution in [0.25, 0.3) is 0 Å². The minimum Gasteiger partial charge on any atom is -0.392 e. The summed E-state index contributed by atoms with van der Waals surface area (Å²) in [5, 5.41) is 9.20. The highest BCUT2D eigenvalue weighted by Gasteiger charge is 2.25. The van der Waals surface area contributed by atoms with Gasteiger partial charge in [0, 0.05) is 13.1 Å². The lowest BCUT2D eigenvalue weighted by molar-refractivity contribution is 0.281. The molecule has 110 valence electrons. The fraction of sp³-hybridized carbons (Fsp3) is 0.333. The number of rotatable bonds is 8. The Hall–Kier alpha value is -1.43. The van der Waals surface area contributed by atoms with Gasteiger partial charge in [-0.05, 0) is 23.6 Å². The Morgan fingerprint density at radius 2 is 1.85 bits per heavy atom. The fourth-order valence-corrected chi connectivity index (χ4v) is 3.65. The van der Waals surface area contributed by atoms with E-state index >= 15 is 0 Å². The molecule has 0 unspecified atom stereocenters. The van der Waals surface area contributed by atoms with Gasteiger partial charge in [0.1, 0.15) is 0 Å². The minimum atomic E-state index is -3.62. The van der Waals surface area contributed by atoms with E-state index in [9.17, 15) is 13.5 Å². The summed E-state index contributed by atoms with van der Waals surface area (Å²) in [5.41, 5.74) is 1.32. The zero-order chi connectivity index (χ0) is 15.2. The molecule has 0 radical (unpaired) electrons. The van der Waals surface area contributed by atoms with Crippen molar-refractivity contribution in [2.45, 2.75) is 24.8 Å². The minimum absolute atomic E-state index is 0.185. The fourth-order valence-electron chi connectivity index (χ4n) is 1.93. The van der Waals surface area contributed by atoms with E-state index in [4.69, 9.17) is 0 Å². The summed E-state index contributed by atoms with van der Waals surface area (Å²) in [6.45, 7) is 9.33. The number of aliphatic hydroxyl groups is 1. The summed E-state index contributed by atoms with van der Waals surface area (Å²) in [4.78, 5) is 0.246. The lowest BCUT2D eigenvalue weighted by atomic mass is 10.1. The number of aryl methyl sites for hydroxylation is 1. The van der Waals surface area contributed by atoms with Crippen LogP contribution in [0.1, 0.15) is 18.1 Å². The molecular weight excluding hydrogens is 274 g/mol. The molecule has 5 heteroatoms. The Kier molecular flexibility index (Phi) is 6.13. The molecule has 0 saturated heterocycles. The lowest BCUT2D eigenvalue weighted by Crippen LogP contribution is -2.32. The van der Waals surface area contributed by atoms with E-state index in [2.05, 4.69) is 13.2 Å². The standard InChI is InChI=1S/C15H21NO3S/c1-4-9-16(10-5-2)20(18,19)15-11-13(12-17)7-8-14(15)6-3/h4-5,7-8,11,17H,1-2,6,9-10,12H2,3H3. The molecule has 1 rings (SSSR count). The summed E-state index contributed by atoms with van der Waals surface area (Å²) in [6.07, 6.45) is 3.70. The molecular formula is C15H21NO3S. The van der Waals surface area contributed by atoms with E-state index in [1.54, 1.807) is 24.3 Å². The molecule has 0 aliphatic heterocycles. The van der Waals surface area contributed by atoms with Crippen LogP contribution in [-0.4, -0.2) is 30.9 Å². The van der Waals surface area contributed by atoms with Gasteiger partial charge in [-0.3, -0.25) is 0 Å². The van der Waals surface area contributed by atoms with E-state index in [0.717, 1.165) is 5.56 Å². The van der Waals surface area contributed by atoms with Crippen molar-refractivity contribution >= 4 is 10.0 Å². The third-order valence-corrected chi connectivity index (χ3v) is 4.89. The second kappa shape index (κ2) is 7.38. The zero-order valence-corrected chi connectivity index (χ0v) is 12.6. The van der Waals surface area contributed by atoms with Crippen LogP contribution >= 0.6 is 0 Å². The van der Waals surface area contributed by atoms with Gasteiger partial charge in [-0.15, -0.1) is 13.2 Å². The Balaban J connectivity index is 3.37. The highest BCUT2D eigenvalue weighted by molar-refractivity contribution is 7.89. The van der Waals surface area contributed by atoms with E-state index < -0.39 is 10.0 Å². The molecule has 0 fully saturated rings. The van der Waals surface area contributed by atoms with Crippen LogP contribution in [-0.2, 0) is 23.1 Å². The first-order chi connectivity index (χ1) is 9.51. The van der Waals surface area contributed by atoms with Crippen LogP contribution < -0.4 is 0 Å². The van der Waals surface area contributed by atoms with Crippen LogP contribution in [0.15, 0.2) is 48.4 Å². The third kappa shape index (κ3) is 3.56. The highest BCUT2D eigenvalue weighted by Crippen LogP contribution is 2.22. The zero-order valence-electron chi connectivity index (χ0n) is 11.7. The maximum absolute atomic E-state index is 12.7. The topological polar surface area (TPSA) is 57.6 Å². The van der Waals surface area contributed by atoms with E-state index in [0.29, 0.717) is 12.0 Å². The molecule has 0 amide bonds. The summed E-state index contributed by atoms with van der Waals surface area (Å²) < 4.78 is 26.7. The molecule has 1 aromatic carbocycles. The molecule has 0 saturated carbocycles. The first-order valence-electron chi connectivity index (χ1n) is 6.45. The molecule has 1 aromatic rings. The molecule has 0 aliphatic rings. The van der Waals surface area contributed by atoms with Gasteiger partial charge < -0.3 is 5.11 Å². The van der Waals surface area contributed by atoms with Crippen molar-refractivity contribution in [2.75, 3.05) is 13.1 Å². The Morgan fingerprint density at radius 3 is 2.30 bits per heavy atom. The van der Waals surface area contributed by atoms with Gasteiger partial charge >= 0.3 is 0 Å². The molecule has 4 nitrogen and oxygen atoms in total. The first-order valence-corrected chi connectivity index (χ1v) is 7.89. The monoisotopic (exact) mass is 295 g/mol. The molecule has 0 spiro atoms. The predicted octanol–water partition coefficient (Wildman–Crippen LogP) is 2.10. The Morgan fingerprint density at radius 1 is 1.25 bits per heavy atom. The maximum atomic E-state index is 12.7. The van der Waals surface area contributed by atoms with Crippen molar-refractivity contribution in [3.05, 3.63) is 54.6 Å². The Labute approximate surface area is 121 Å². The number of aliphatic hydroxyl groups excluding tert-OH is 1. The predicted molar refractivity (Wildman–Crippen MR) is 80.9 cm³/mol. The lowest BCUT2D eigenvalue weighted by Gasteiger charge is -2.21. The SMILES string of the molecule is C=CCN(CC=C)S(=O)(=O)c1cc(CO)ccc1CC. The molecule has 20 heavy (non-hydrogen) atoms. The highest BCUT2D eigenvalue weighted by atomic mass is 32.2. The first kappa shape index (κ1) is 16.6. The normalized spacial score (nSPS) is 11.6. The van der Waals surface area contributed by atoms with Crippen molar-refractivity contribution < 1.29 is 13.5 Å². The van der Waals surface area contributed by atoms with Crippen molar-refractivity contribution in [3.8, 4) is 0 Å². The molecule has 0 aromatic heterocycles. The number of hydrogen-bond acceptors (Lipinski definition) is 3. The summed E-state index contributed by atoms with van der Waals surface area (Å²) >= 11 is 0. The largest absolute Gasteiger partial charge is 0.392 e. The molecule has 0 atom stereocenters. The van der Waals surface area contributed by atoms with Gasteiger partial charge in [0.05, 0.1) is 11.5 Å². The van der Waals surface area contributed by atoms with E-state index in [-0.39, 0.29) is 24.6 Å². The second-order valence-electron chi connectivity index (χ2n) is 4.35. The number of hydrogen-bond donors (Lipinski definition) is 1. The average Bonchev–Trinajstić information content (AvgIpc) is 2.46. The Bertz CT molecular complexity index is 569. The van der Waals surface area contributed by atoms with Gasteiger partial charge in [0.15, 0.2) is 0 Å². The average molecular weight is 295 g/mol. The maximum Gasteiger partial charge on any atom is 0.243 e. The third-order valence-electron chi connectivity index (χ3n) is 2.98. The van der Waals surface area contributed by atoms with Gasteiger partial charge in [-0.1, -0.05) is 31.2 Å². The molecule has 0 bridgehead atoms. The summed E-state index contributed by atoms with van der Waals surface area (Å²) in [5.74, 6) is 0.